The summed E-state index contributed by atoms with van der Waals surface area (Å²) in [5.41, 5.74) is 4.10. The van der Waals surface area contributed by atoms with Crippen LogP contribution in [0.15, 0.2) is 71.6 Å². The number of anilines is 1. The Bertz CT molecular complexity index is 1160. The zero-order chi connectivity index (χ0) is 22.4. The van der Waals surface area contributed by atoms with Gasteiger partial charge >= 0.3 is 0 Å². The third-order valence-corrected chi connectivity index (χ3v) is 6.70. The first-order valence-electron chi connectivity index (χ1n) is 9.97. The molecule has 0 saturated carbocycles. The number of carbonyl (C=O) groups is 1. The van der Waals surface area contributed by atoms with Crippen molar-refractivity contribution in [2.75, 3.05) is 11.3 Å². The normalized spacial score (nSPS) is 11.2. The van der Waals surface area contributed by atoms with Crippen molar-refractivity contribution in [3.05, 3.63) is 94.0 Å². The molecule has 0 aliphatic carbocycles. The number of nitrogens with one attached hydrogen (secondary N) is 2. The van der Waals surface area contributed by atoms with E-state index in [1.165, 1.54) is 29.3 Å². The van der Waals surface area contributed by atoms with Crippen molar-refractivity contribution < 1.29 is 13.2 Å². The van der Waals surface area contributed by atoms with Crippen LogP contribution in [0.3, 0.4) is 0 Å². The summed E-state index contributed by atoms with van der Waals surface area (Å²) in [6, 6.07) is 19.5. The predicted octanol–water partition coefficient (Wildman–Crippen LogP) is 5.12. The third kappa shape index (κ3) is 6.32. The summed E-state index contributed by atoms with van der Waals surface area (Å²) in [6.07, 6.45) is 1.63. The fraction of sp³-hybridized carbons (Fsp3) is 0.208. The van der Waals surface area contributed by atoms with Crippen molar-refractivity contribution in [2.45, 2.75) is 31.6 Å². The van der Waals surface area contributed by atoms with Gasteiger partial charge in [0.05, 0.1) is 5.02 Å². The number of aryl methyl sites for hydroxylation is 3. The molecular weight excluding hydrogens is 432 g/mol. The highest BCUT2D eigenvalue weighted by atomic mass is 35.5. The topological polar surface area (TPSA) is 75.3 Å². The fourth-order valence-electron chi connectivity index (χ4n) is 3.03. The Balaban J connectivity index is 1.64. The SMILES string of the molecule is Cc1ccc(CCCNC(=O)c2ccc(Cl)c(S(=O)(=O)Nc3ccc(C)cc3)c2)cc1. The van der Waals surface area contributed by atoms with Crippen molar-refractivity contribution in [1.82, 2.24) is 5.32 Å². The number of hydrogen-bond acceptors (Lipinski definition) is 3. The van der Waals surface area contributed by atoms with Gasteiger partial charge in [-0.1, -0.05) is 59.1 Å². The zero-order valence-electron chi connectivity index (χ0n) is 17.5. The van der Waals surface area contributed by atoms with Gasteiger partial charge < -0.3 is 5.32 Å². The lowest BCUT2D eigenvalue weighted by Crippen LogP contribution is -2.25. The van der Waals surface area contributed by atoms with Crippen molar-refractivity contribution in [1.29, 1.82) is 0 Å². The number of benzene rings is 3. The maximum atomic E-state index is 12.8. The van der Waals surface area contributed by atoms with Gasteiger partial charge in [0.2, 0.25) is 0 Å². The van der Waals surface area contributed by atoms with E-state index < -0.39 is 10.0 Å². The summed E-state index contributed by atoms with van der Waals surface area (Å²) < 4.78 is 28.1. The highest BCUT2D eigenvalue weighted by Gasteiger charge is 2.20. The lowest BCUT2D eigenvalue weighted by atomic mass is 10.1. The van der Waals surface area contributed by atoms with Gasteiger partial charge in [-0.15, -0.1) is 0 Å². The number of halogens is 1. The minimum atomic E-state index is -3.94. The Morgan fingerprint density at radius 2 is 1.52 bits per heavy atom. The first-order valence-corrected chi connectivity index (χ1v) is 11.8. The first kappa shape index (κ1) is 22.8. The summed E-state index contributed by atoms with van der Waals surface area (Å²) in [5, 5.41) is 2.89. The largest absolute Gasteiger partial charge is 0.352 e. The van der Waals surface area contributed by atoms with Gasteiger partial charge in [0.25, 0.3) is 15.9 Å². The molecule has 3 rings (SSSR count). The van der Waals surface area contributed by atoms with Gasteiger partial charge in [0.15, 0.2) is 0 Å². The summed E-state index contributed by atoms with van der Waals surface area (Å²) in [4.78, 5) is 12.4. The molecule has 0 unspecified atom stereocenters. The van der Waals surface area contributed by atoms with Crippen LogP contribution in [0, 0.1) is 13.8 Å². The molecule has 3 aromatic rings. The van der Waals surface area contributed by atoms with E-state index in [-0.39, 0.29) is 21.4 Å². The van der Waals surface area contributed by atoms with Gasteiger partial charge in [-0.25, -0.2) is 8.42 Å². The molecule has 3 aromatic carbocycles. The van der Waals surface area contributed by atoms with Crippen LogP contribution in [0.4, 0.5) is 5.69 Å². The molecule has 1 amide bonds. The highest BCUT2D eigenvalue weighted by molar-refractivity contribution is 7.92. The van der Waals surface area contributed by atoms with Crippen molar-refractivity contribution in [2.24, 2.45) is 0 Å². The summed E-state index contributed by atoms with van der Waals surface area (Å²) >= 11 is 6.13. The van der Waals surface area contributed by atoms with Crippen molar-refractivity contribution in [3.8, 4) is 0 Å². The zero-order valence-corrected chi connectivity index (χ0v) is 19.1. The lowest BCUT2D eigenvalue weighted by molar-refractivity contribution is 0.0953. The molecule has 0 saturated heterocycles. The quantitative estimate of drug-likeness (QED) is 0.462. The van der Waals surface area contributed by atoms with Gasteiger partial charge in [-0.05, 0) is 62.6 Å². The van der Waals surface area contributed by atoms with Gasteiger partial charge in [-0.2, -0.15) is 0 Å². The first-order chi connectivity index (χ1) is 14.7. The van der Waals surface area contributed by atoms with Crippen LogP contribution in [0.25, 0.3) is 0 Å². The Morgan fingerprint density at radius 3 is 2.16 bits per heavy atom. The highest BCUT2D eigenvalue weighted by Crippen LogP contribution is 2.25. The Labute approximate surface area is 188 Å². The molecule has 0 aromatic heterocycles. The maximum absolute atomic E-state index is 12.8. The molecule has 0 radical (unpaired) electrons. The van der Waals surface area contributed by atoms with Crippen LogP contribution in [-0.2, 0) is 16.4 Å². The van der Waals surface area contributed by atoms with E-state index in [4.69, 9.17) is 11.6 Å². The Morgan fingerprint density at radius 1 is 0.903 bits per heavy atom. The predicted molar refractivity (Wildman–Crippen MR) is 125 cm³/mol. The minimum Gasteiger partial charge on any atom is -0.352 e. The molecule has 0 aliphatic rings. The number of rotatable bonds is 8. The van der Waals surface area contributed by atoms with Crippen molar-refractivity contribution in [3.63, 3.8) is 0 Å². The summed E-state index contributed by atoms with van der Waals surface area (Å²) in [6.45, 7) is 4.44. The van der Waals surface area contributed by atoms with E-state index in [0.29, 0.717) is 12.2 Å². The molecular formula is C24H25ClN2O3S. The van der Waals surface area contributed by atoms with E-state index in [1.807, 2.05) is 13.8 Å². The van der Waals surface area contributed by atoms with Crippen molar-refractivity contribution >= 4 is 33.2 Å². The maximum Gasteiger partial charge on any atom is 0.263 e. The second kappa shape index (κ2) is 9.98. The van der Waals surface area contributed by atoms with Crippen LogP contribution in [0.5, 0.6) is 0 Å². The third-order valence-electron chi connectivity index (χ3n) is 4.84. The van der Waals surface area contributed by atoms with E-state index in [0.717, 1.165) is 18.4 Å². The number of amides is 1. The fourth-order valence-corrected chi connectivity index (χ4v) is 4.62. The molecule has 162 valence electrons. The second-order valence-corrected chi connectivity index (χ2v) is 9.52. The smallest absolute Gasteiger partial charge is 0.263 e. The minimum absolute atomic E-state index is 0.0514. The average Bonchev–Trinajstić information content (AvgIpc) is 2.74. The molecule has 0 aliphatic heterocycles. The molecule has 31 heavy (non-hydrogen) atoms. The van der Waals surface area contributed by atoms with Gasteiger partial charge in [-0.3, -0.25) is 9.52 Å². The van der Waals surface area contributed by atoms with Crippen LogP contribution in [0.1, 0.15) is 33.5 Å². The van der Waals surface area contributed by atoms with Gasteiger partial charge in [0.1, 0.15) is 4.90 Å². The molecule has 0 spiro atoms. The van der Waals surface area contributed by atoms with E-state index in [1.54, 1.807) is 24.3 Å². The van der Waals surface area contributed by atoms with E-state index in [2.05, 4.69) is 34.3 Å². The summed E-state index contributed by atoms with van der Waals surface area (Å²) in [5.74, 6) is -0.340. The average molecular weight is 457 g/mol. The standard InChI is InChI=1S/C24H25ClN2O3S/c1-17-5-9-19(10-6-17)4-3-15-26-24(28)20-11-14-22(25)23(16-20)31(29,30)27-21-12-7-18(2)8-13-21/h5-14,16,27H,3-4,15H2,1-2H3,(H,26,28). The molecule has 7 heteroatoms. The van der Waals surface area contributed by atoms with Crippen LogP contribution >= 0.6 is 11.6 Å². The van der Waals surface area contributed by atoms with Crippen LogP contribution in [-0.4, -0.2) is 20.9 Å². The Kier molecular flexibility index (Phi) is 7.36. The monoisotopic (exact) mass is 456 g/mol. The molecule has 0 fully saturated rings. The van der Waals surface area contributed by atoms with E-state index >= 15 is 0 Å². The molecule has 2 N–H and O–H groups in total. The van der Waals surface area contributed by atoms with Crippen LogP contribution in [0.2, 0.25) is 5.02 Å². The lowest BCUT2D eigenvalue weighted by Gasteiger charge is -2.12. The summed E-state index contributed by atoms with van der Waals surface area (Å²) in [7, 11) is -3.94. The number of carbonyl (C=O) groups excluding carboxylic acids is 1. The number of sulfonamides is 1. The number of hydrogen-bond donors (Lipinski definition) is 2. The molecule has 0 bridgehead atoms. The second-order valence-electron chi connectivity index (χ2n) is 7.46. The van der Waals surface area contributed by atoms with Crippen LogP contribution < -0.4 is 10.0 Å². The van der Waals surface area contributed by atoms with E-state index in [9.17, 15) is 13.2 Å². The molecule has 5 nitrogen and oxygen atoms in total. The molecule has 0 heterocycles. The Hall–Kier alpha value is -2.83. The van der Waals surface area contributed by atoms with Gasteiger partial charge in [0, 0.05) is 17.8 Å². The molecule has 0 atom stereocenters.